The van der Waals surface area contributed by atoms with E-state index in [0.29, 0.717) is 5.92 Å². The number of anilines is 1. The van der Waals surface area contributed by atoms with E-state index in [1.165, 1.54) is 35.0 Å². The van der Waals surface area contributed by atoms with Gasteiger partial charge in [-0.3, -0.25) is 0 Å². The molecule has 0 radical (unpaired) electrons. The summed E-state index contributed by atoms with van der Waals surface area (Å²) in [5.74, 6) is 0.690. The van der Waals surface area contributed by atoms with Crippen LogP contribution in [0.1, 0.15) is 18.4 Å². The van der Waals surface area contributed by atoms with Crippen LogP contribution in [0.15, 0.2) is 22.7 Å². The number of nitrogens with two attached hydrogens (primary N) is 1. The number of fused-ring (bicyclic) bond motifs is 3. The van der Waals surface area contributed by atoms with Crippen LogP contribution in [0.5, 0.6) is 0 Å². The van der Waals surface area contributed by atoms with Gasteiger partial charge in [-0.15, -0.1) is 0 Å². The Balaban J connectivity index is 1.97. The number of halogens is 1. The van der Waals surface area contributed by atoms with Crippen LogP contribution in [-0.2, 0) is 6.42 Å². The predicted octanol–water partition coefficient (Wildman–Crippen LogP) is 2.55. The van der Waals surface area contributed by atoms with E-state index < -0.39 is 0 Å². The van der Waals surface area contributed by atoms with E-state index in [0.717, 1.165) is 19.1 Å². The smallest absolute Gasteiger partial charge is 0.0412 e. The van der Waals surface area contributed by atoms with Crippen molar-refractivity contribution in [3.63, 3.8) is 0 Å². The van der Waals surface area contributed by atoms with Gasteiger partial charge < -0.3 is 10.6 Å². The molecule has 16 heavy (non-hydrogen) atoms. The van der Waals surface area contributed by atoms with Gasteiger partial charge in [0.2, 0.25) is 0 Å². The summed E-state index contributed by atoms with van der Waals surface area (Å²) in [5, 5.41) is 0. The maximum absolute atomic E-state index is 5.80. The van der Waals surface area contributed by atoms with Crippen molar-refractivity contribution in [1.82, 2.24) is 0 Å². The summed E-state index contributed by atoms with van der Waals surface area (Å²) in [4.78, 5) is 2.57. The Morgan fingerprint density at radius 3 is 3.12 bits per heavy atom. The summed E-state index contributed by atoms with van der Waals surface area (Å²) in [6.45, 7) is 1.97. The third kappa shape index (κ3) is 1.57. The Morgan fingerprint density at radius 1 is 1.44 bits per heavy atom. The molecule has 86 valence electrons. The van der Waals surface area contributed by atoms with Crippen molar-refractivity contribution < 1.29 is 0 Å². The highest BCUT2D eigenvalue weighted by atomic mass is 79.9. The van der Waals surface area contributed by atoms with Crippen LogP contribution in [0.25, 0.3) is 0 Å². The van der Waals surface area contributed by atoms with Crippen molar-refractivity contribution in [3.05, 3.63) is 28.2 Å². The minimum absolute atomic E-state index is 0.690. The minimum Gasteiger partial charge on any atom is -0.368 e. The first-order valence-electron chi connectivity index (χ1n) is 6.03. The van der Waals surface area contributed by atoms with Crippen LogP contribution in [0.3, 0.4) is 0 Å². The van der Waals surface area contributed by atoms with Crippen LogP contribution in [0, 0.1) is 5.92 Å². The molecule has 0 bridgehead atoms. The monoisotopic (exact) mass is 280 g/mol. The van der Waals surface area contributed by atoms with Gasteiger partial charge in [0.15, 0.2) is 0 Å². The Labute approximate surface area is 105 Å². The zero-order chi connectivity index (χ0) is 11.1. The fourth-order valence-corrected chi connectivity index (χ4v) is 3.68. The molecule has 3 rings (SSSR count). The van der Waals surface area contributed by atoms with E-state index in [2.05, 4.69) is 39.0 Å². The topological polar surface area (TPSA) is 29.3 Å². The molecule has 1 saturated heterocycles. The Hall–Kier alpha value is -0.540. The maximum Gasteiger partial charge on any atom is 0.0412 e. The highest BCUT2D eigenvalue weighted by Gasteiger charge is 2.35. The lowest BCUT2D eigenvalue weighted by molar-refractivity contribution is 0.537. The van der Waals surface area contributed by atoms with Gasteiger partial charge >= 0.3 is 0 Å². The number of nitrogens with zero attached hydrogens (tertiary/aromatic N) is 1. The molecule has 0 amide bonds. The van der Waals surface area contributed by atoms with Crippen LogP contribution in [-0.4, -0.2) is 19.1 Å². The molecule has 0 aliphatic carbocycles. The molecule has 1 aromatic carbocycles. The van der Waals surface area contributed by atoms with E-state index in [-0.39, 0.29) is 0 Å². The first kappa shape index (κ1) is 10.6. The first-order chi connectivity index (χ1) is 7.79. The summed E-state index contributed by atoms with van der Waals surface area (Å²) >= 11 is 3.66. The molecule has 2 atom stereocenters. The van der Waals surface area contributed by atoms with Gasteiger partial charge in [0.25, 0.3) is 0 Å². The van der Waals surface area contributed by atoms with Crippen LogP contribution >= 0.6 is 15.9 Å². The standard InChI is InChI=1S/C13H17BrN2/c14-12-2-1-3-13-11(12)5-4-10-6-9(7-15)8-16(10)13/h1-3,9-10H,4-8,15H2. The zero-order valence-electron chi connectivity index (χ0n) is 9.32. The van der Waals surface area contributed by atoms with Gasteiger partial charge in [-0.25, -0.2) is 0 Å². The molecule has 2 nitrogen and oxygen atoms in total. The van der Waals surface area contributed by atoms with E-state index in [9.17, 15) is 0 Å². The Kier molecular flexibility index (Phi) is 2.68. The van der Waals surface area contributed by atoms with E-state index in [1.807, 2.05) is 0 Å². The largest absolute Gasteiger partial charge is 0.368 e. The Morgan fingerprint density at radius 2 is 2.31 bits per heavy atom. The van der Waals surface area contributed by atoms with Crippen molar-refractivity contribution in [1.29, 1.82) is 0 Å². The van der Waals surface area contributed by atoms with Gasteiger partial charge in [-0.1, -0.05) is 22.0 Å². The second-order valence-electron chi connectivity index (χ2n) is 4.92. The molecule has 0 saturated carbocycles. The number of rotatable bonds is 1. The molecule has 2 aliphatic heterocycles. The number of hydrogen-bond donors (Lipinski definition) is 1. The average Bonchev–Trinajstić information content (AvgIpc) is 2.72. The highest BCUT2D eigenvalue weighted by Crippen LogP contribution is 2.40. The molecule has 1 aromatic rings. The molecule has 1 fully saturated rings. The highest BCUT2D eigenvalue weighted by molar-refractivity contribution is 9.10. The normalized spacial score (nSPS) is 27.8. The van der Waals surface area contributed by atoms with Crippen LogP contribution in [0.2, 0.25) is 0 Å². The molecule has 2 heterocycles. The predicted molar refractivity (Wildman–Crippen MR) is 70.8 cm³/mol. The van der Waals surface area contributed by atoms with Crippen LogP contribution < -0.4 is 10.6 Å². The van der Waals surface area contributed by atoms with Crippen molar-refractivity contribution >= 4 is 21.6 Å². The van der Waals surface area contributed by atoms with Gasteiger partial charge in [-0.2, -0.15) is 0 Å². The fraction of sp³-hybridized carbons (Fsp3) is 0.538. The van der Waals surface area contributed by atoms with Crippen molar-refractivity contribution in [3.8, 4) is 0 Å². The molecule has 0 spiro atoms. The van der Waals surface area contributed by atoms with Crippen molar-refractivity contribution in [2.45, 2.75) is 25.3 Å². The van der Waals surface area contributed by atoms with Crippen LogP contribution in [0.4, 0.5) is 5.69 Å². The van der Waals surface area contributed by atoms with Gasteiger partial charge in [0.05, 0.1) is 0 Å². The summed E-state index contributed by atoms with van der Waals surface area (Å²) in [6, 6.07) is 7.28. The summed E-state index contributed by atoms with van der Waals surface area (Å²) < 4.78 is 1.26. The molecule has 2 unspecified atom stereocenters. The molecular formula is C13H17BrN2. The molecule has 2 aliphatic rings. The molecule has 3 heteroatoms. The Bertz CT molecular complexity index is 405. The fourth-order valence-electron chi connectivity index (χ4n) is 3.13. The summed E-state index contributed by atoms with van der Waals surface area (Å²) in [5.41, 5.74) is 8.72. The summed E-state index contributed by atoms with van der Waals surface area (Å²) in [7, 11) is 0. The zero-order valence-corrected chi connectivity index (χ0v) is 10.9. The van der Waals surface area contributed by atoms with E-state index in [4.69, 9.17) is 5.73 Å². The summed E-state index contributed by atoms with van der Waals surface area (Å²) in [6.07, 6.45) is 3.77. The number of benzene rings is 1. The second kappa shape index (κ2) is 4.04. The van der Waals surface area contributed by atoms with E-state index in [1.54, 1.807) is 0 Å². The second-order valence-corrected chi connectivity index (χ2v) is 5.77. The van der Waals surface area contributed by atoms with Crippen molar-refractivity contribution in [2.75, 3.05) is 18.0 Å². The van der Waals surface area contributed by atoms with Gasteiger partial charge in [0.1, 0.15) is 0 Å². The number of hydrogen-bond acceptors (Lipinski definition) is 2. The van der Waals surface area contributed by atoms with E-state index >= 15 is 0 Å². The quantitative estimate of drug-likeness (QED) is 0.857. The third-order valence-corrected chi connectivity index (χ3v) is 4.71. The van der Waals surface area contributed by atoms with Gasteiger partial charge in [0, 0.05) is 22.7 Å². The SMILES string of the molecule is NCC1CC2CCc3c(Br)cccc3N2C1. The first-order valence-corrected chi connectivity index (χ1v) is 6.83. The molecule has 0 aromatic heterocycles. The third-order valence-electron chi connectivity index (χ3n) is 3.97. The maximum atomic E-state index is 5.80. The van der Waals surface area contributed by atoms with Crippen molar-refractivity contribution in [2.24, 2.45) is 11.7 Å². The lowest BCUT2D eigenvalue weighted by Gasteiger charge is -2.34. The molecule has 2 N–H and O–H groups in total. The lowest BCUT2D eigenvalue weighted by atomic mass is 9.95. The molecular weight excluding hydrogens is 264 g/mol. The van der Waals surface area contributed by atoms with Gasteiger partial charge in [-0.05, 0) is 49.4 Å². The lowest BCUT2D eigenvalue weighted by Crippen LogP contribution is -2.34. The average molecular weight is 281 g/mol. The minimum atomic E-state index is 0.690.